The fourth-order valence-corrected chi connectivity index (χ4v) is 12.9. The van der Waals surface area contributed by atoms with Crippen LogP contribution >= 0.6 is 6.83 Å². The van der Waals surface area contributed by atoms with Crippen molar-refractivity contribution in [2.24, 2.45) is 0 Å². The van der Waals surface area contributed by atoms with E-state index in [0.717, 1.165) is 0 Å². The summed E-state index contributed by atoms with van der Waals surface area (Å²) in [7, 11) is 0. The van der Waals surface area contributed by atoms with Crippen molar-refractivity contribution in [1.82, 2.24) is 0 Å². The minimum absolute atomic E-state index is 0.0884. The van der Waals surface area contributed by atoms with Crippen LogP contribution in [0.1, 0.15) is 0 Å². The SMILES string of the molecule is O=[N+]([O-])c1ccc(P(O[Br+2]([O-])[O-])(c2ccccc2)(c2ccccc2)c2ccccc2)cc1. The number of hydrogen-bond donors (Lipinski definition) is 0. The van der Waals surface area contributed by atoms with Gasteiger partial charge in [0.1, 0.15) is 0 Å². The Morgan fingerprint density at radius 1 is 0.594 bits per heavy atom. The predicted molar refractivity (Wildman–Crippen MR) is 119 cm³/mol. The third kappa shape index (κ3) is 3.45. The second-order valence-corrected chi connectivity index (χ2v) is 13.0. The van der Waals surface area contributed by atoms with Crippen LogP contribution in [-0.4, -0.2) is 4.92 Å². The van der Waals surface area contributed by atoms with E-state index in [9.17, 15) is 18.5 Å². The summed E-state index contributed by atoms with van der Waals surface area (Å²) < 4.78 is 31.2. The number of benzene rings is 4. The van der Waals surface area contributed by atoms with Gasteiger partial charge in [0.05, 0.1) is 0 Å². The van der Waals surface area contributed by atoms with Gasteiger partial charge in [0, 0.05) is 0 Å². The summed E-state index contributed by atoms with van der Waals surface area (Å²) in [5, 5.41) is 13.9. The van der Waals surface area contributed by atoms with Crippen LogP contribution in [0, 0.1) is 24.9 Å². The number of non-ortho nitro benzene ring substituents is 1. The molecule has 0 fully saturated rings. The summed E-state index contributed by atoms with van der Waals surface area (Å²) in [6, 6.07) is 33.6. The number of halogens is 1. The molecular formula is C24H19BrNO5P. The molecule has 0 saturated carbocycles. The molecular weight excluding hydrogens is 493 g/mol. The summed E-state index contributed by atoms with van der Waals surface area (Å²) in [5.41, 5.74) is -0.0884. The number of rotatable bonds is 7. The van der Waals surface area contributed by atoms with Crippen molar-refractivity contribution in [2.75, 3.05) is 0 Å². The van der Waals surface area contributed by atoms with Crippen LogP contribution in [0.15, 0.2) is 115 Å². The molecule has 0 atom stereocenters. The van der Waals surface area contributed by atoms with Crippen LogP contribution in [0.2, 0.25) is 0 Å². The number of nitrogens with zero attached hydrogens (tertiary/aromatic N) is 1. The third-order valence-electron chi connectivity index (χ3n) is 5.49. The summed E-state index contributed by atoms with van der Waals surface area (Å²) >= 11 is -3.76. The van der Waals surface area contributed by atoms with E-state index in [-0.39, 0.29) is 5.69 Å². The van der Waals surface area contributed by atoms with Gasteiger partial charge in [-0.2, -0.15) is 0 Å². The van der Waals surface area contributed by atoms with E-state index in [0.29, 0.717) is 21.2 Å². The average Bonchev–Trinajstić information content (AvgIpc) is 2.84. The van der Waals surface area contributed by atoms with E-state index in [4.69, 9.17) is 3.62 Å². The maximum absolute atomic E-state index is 12.5. The van der Waals surface area contributed by atoms with Crippen molar-refractivity contribution >= 4 is 33.7 Å². The molecule has 4 aromatic carbocycles. The van der Waals surface area contributed by atoms with Gasteiger partial charge in [0.2, 0.25) is 0 Å². The van der Waals surface area contributed by atoms with Gasteiger partial charge in [0.15, 0.2) is 0 Å². The van der Waals surface area contributed by atoms with Gasteiger partial charge in [-0.25, -0.2) is 0 Å². The van der Waals surface area contributed by atoms with Gasteiger partial charge in [0.25, 0.3) is 0 Å². The summed E-state index contributed by atoms with van der Waals surface area (Å²) in [5.74, 6) is 0. The van der Waals surface area contributed by atoms with E-state index < -0.39 is 26.6 Å². The molecule has 8 heteroatoms. The number of nitro groups is 1. The third-order valence-corrected chi connectivity index (χ3v) is 13.5. The first-order valence-corrected chi connectivity index (χ1v) is 13.8. The summed E-state index contributed by atoms with van der Waals surface area (Å²) in [6.45, 7) is -4.30. The molecule has 4 rings (SSSR count). The van der Waals surface area contributed by atoms with Gasteiger partial charge in [-0.05, 0) is 0 Å². The quantitative estimate of drug-likeness (QED) is 0.214. The van der Waals surface area contributed by atoms with E-state index in [1.165, 1.54) is 12.1 Å². The number of hydrogen-bond acceptors (Lipinski definition) is 5. The van der Waals surface area contributed by atoms with Crippen LogP contribution in [-0.2, 0) is 3.62 Å². The first kappa shape index (κ1) is 22.3. The molecule has 0 aromatic heterocycles. The Balaban J connectivity index is 2.26. The van der Waals surface area contributed by atoms with Crippen LogP contribution in [0.4, 0.5) is 5.69 Å². The fraction of sp³-hybridized carbons (Fsp3) is 0. The van der Waals surface area contributed by atoms with E-state index in [1.54, 1.807) is 12.1 Å². The monoisotopic (exact) mass is 511 g/mol. The van der Waals surface area contributed by atoms with Crippen molar-refractivity contribution in [2.45, 2.75) is 0 Å². The van der Waals surface area contributed by atoms with Gasteiger partial charge in [-0.3, -0.25) is 0 Å². The topological polar surface area (TPSA) is 98.5 Å². The average molecular weight is 512 g/mol. The fourth-order valence-electron chi connectivity index (χ4n) is 4.16. The van der Waals surface area contributed by atoms with Crippen LogP contribution in [0.5, 0.6) is 0 Å². The Morgan fingerprint density at radius 3 is 1.25 bits per heavy atom. The molecule has 0 aliphatic rings. The molecule has 0 spiro atoms. The van der Waals surface area contributed by atoms with Crippen LogP contribution in [0.3, 0.4) is 0 Å². The van der Waals surface area contributed by atoms with Crippen molar-refractivity contribution in [3.05, 3.63) is 125 Å². The van der Waals surface area contributed by atoms with Crippen LogP contribution in [0.25, 0.3) is 0 Å². The zero-order valence-corrected chi connectivity index (χ0v) is 19.3. The second-order valence-electron chi connectivity index (χ2n) is 7.07. The van der Waals surface area contributed by atoms with E-state index >= 15 is 0 Å². The zero-order chi connectivity index (χ0) is 22.6. The molecule has 0 bridgehead atoms. The van der Waals surface area contributed by atoms with Gasteiger partial charge in [-0.15, -0.1) is 0 Å². The van der Waals surface area contributed by atoms with Crippen molar-refractivity contribution < 1.29 is 31.7 Å². The van der Waals surface area contributed by atoms with E-state index in [2.05, 4.69) is 0 Å². The van der Waals surface area contributed by atoms with Crippen molar-refractivity contribution in [3.63, 3.8) is 0 Å². The second kappa shape index (κ2) is 8.90. The van der Waals surface area contributed by atoms with Crippen molar-refractivity contribution in [3.8, 4) is 0 Å². The van der Waals surface area contributed by atoms with Gasteiger partial charge in [-0.1, -0.05) is 0 Å². The standard InChI is InChI=1S/C24H19BrNO5P/c27-25(28)31-32(21-10-4-1-5-11-21,22-12-6-2-7-13-22,23-14-8-3-9-15-23)24-18-16-20(17-19-24)26(29)30/h1-19H. The molecule has 32 heavy (non-hydrogen) atoms. The molecule has 0 radical (unpaired) electrons. The normalized spacial score (nSPS) is 12.8. The molecule has 4 aromatic rings. The Morgan fingerprint density at radius 2 is 0.938 bits per heavy atom. The molecule has 0 amide bonds. The predicted octanol–water partition coefficient (Wildman–Crippen LogP) is 1.77. The van der Waals surface area contributed by atoms with Crippen molar-refractivity contribution in [1.29, 1.82) is 0 Å². The summed E-state index contributed by atoms with van der Waals surface area (Å²) in [6.07, 6.45) is 0. The molecule has 0 aliphatic carbocycles. The molecule has 0 unspecified atom stereocenters. The Hall–Kier alpha value is -2.93. The Kier molecular flexibility index (Phi) is 6.20. The first-order chi connectivity index (χ1) is 15.5. The van der Waals surface area contributed by atoms with E-state index in [1.807, 2.05) is 91.0 Å². The van der Waals surface area contributed by atoms with Crippen LogP contribution < -0.4 is 29.6 Å². The molecule has 0 aliphatic heterocycles. The summed E-state index contributed by atoms with van der Waals surface area (Å²) in [4.78, 5) is 10.8. The first-order valence-electron chi connectivity index (χ1n) is 9.68. The molecule has 162 valence electrons. The zero-order valence-electron chi connectivity index (χ0n) is 16.8. The maximum atomic E-state index is 12.5. The number of nitro benzene ring substituents is 1. The Bertz CT molecular complexity index is 1110. The Labute approximate surface area is 190 Å². The van der Waals surface area contributed by atoms with Gasteiger partial charge < -0.3 is 0 Å². The molecule has 0 heterocycles. The minimum atomic E-state index is -4.30. The molecule has 0 saturated heterocycles. The van der Waals surface area contributed by atoms with Gasteiger partial charge >= 0.3 is 191 Å². The molecule has 0 N–H and O–H groups in total. The molecule has 6 nitrogen and oxygen atoms in total.